The SMILES string of the molecule is Cc1noc(C)c1COc1ccc(C(=O)N[C@@H](C)c2ccc(-n3ccnc3)cc2)cc1. The highest BCUT2D eigenvalue weighted by Crippen LogP contribution is 2.19. The lowest BCUT2D eigenvalue weighted by Gasteiger charge is -2.15. The van der Waals surface area contributed by atoms with Gasteiger partial charge < -0.3 is 19.1 Å². The van der Waals surface area contributed by atoms with Gasteiger partial charge in [0.05, 0.1) is 23.6 Å². The molecule has 0 spiro atoms. The number of amides is 1. The van der Waals surface area contributed by atoms with Gasteiger partial charge in [-0.1, -0.05) is 17.3 Å². The highest BCUT2D eigenvalue weighted by atomic mass is 16.5. The number of benzene rings is 2. The van der Waals surface area contributed by atoms with Gasteiger partial charge in [-0.15, -0.1) is 0 Å². The fourth-order valence-electron chi connectivity index (χ4n) is 3.28. The first-order chi connectivity index (χ1) is 15.0. The molecular formula is C24H24N4O3. The van der Waals surface area contributed by atoms with Crippen molar-refractivity contribution >= 4 is 5.91 Å². The summed E-state index contributed by atoms with van der Waals surface area (Å²) in [7, 11) is 0. The number of aromatic nitrogens is 3. The molecule has 2 aromatic carbocycles. The topological polar surface area (TPSA) is 82.2 Å². The van der Waals surface area contributed by atoms with Gasteiger partial charge in [-0.2, -0.15) is 0 Å². The van der Waals surface area contributed by atoms with Crippen LogP contribution in [0.25, 0.3) is 5.69 Å². The average Bonchev–Trinajstić information content (AvgIpc) is 3.43. The number of nitrogens with zero attached hydrogens (tertiary/aromatic N) is 3. The third kappa shape index (κ3) is 4.66. The molecule has 31 heavy (non-hydrogen) atoms. The summed E-state index contributed by atoms with van der Waals surface area (Å²) in [6.45, 7) is 6.08. The van der Waals surface area contributed by atoms with Crippen molar-refractivity contribution in [3.63, 3.8) is 0 Å². The zero-order valence-corrected chi connectivity index (χ0v) is 17.7. The second kappa shape index (κ2) is 8.87. The summed E-state index contributed by atoms with van der Waals surface area (Å²) in [5.74, 6) is 1.30. The molecule has 7 nitrogen and oxygen atoms in total. The Labute approximate surface area is 180 Å². The van der Waals surface area contributed by atoms with Crippen LogP contribution in [0.4, 0.5) is 0 Å². The highest BCUT2D eigenvalue weighted by Gasteiger charge is 2.13. The van der Waals surface area contributed by atoms with E-state index in [2.05, 4.69) is 15.5 Å². The Hall–Kier alpha value is -3.87. The number of aryl methyl sites for hydroxylation is 2. The molecule has 2 heterocycles. The number of hydrogen-bond acceptors (Lipinski definition) is 5. The molecule has 0 saturated carbocycles. The smallest absolute Gasteiger partial charge is 0.251 e. The third-order valence-corrected chi connectivity index (χ3v) is 5.22. The molecule has 4 aromatic rings. The molecule has 0 unspecified atom stereocenters. The molecule has 2 aromatic heterocycles. The van der Waals surface area contributed by atoms with Gasteiger partial charge in [0.1, 0.15) is 18.1 Å². The van der Waals surface area contributed by atoms with E-state index in [4.69, 9.17) is 9.26 Å². The van der Waals surface area contributed by atoms with Crippen molar-refractivity contribution in [1.29, 1.82) is 0 Å². The first-order valence-electron chi connectivity index (χ1n) is 10.0. The molecule has 0 radical (unpaired) electrons. The van der Waals surface area contributed by atoms with Crippen LogP contribution in [0.15, 0.2) is 71.8 Å². The number of ether oxygens (including phenoxy) is 1. The molecule has 0 bridgehead atoms. The summed E-state index contributed by atoms with van der Waals surface area (Å²) < 4.78 is 12.9. The Morgan fingerprint density at radius 2 is 1.87 bits per heavy atom. The summed E-state index contributed by atoms with van der Waals surface area (Å²) in [5, 5.41) is 6.96. The number of carbonyl (C=O) groups excluding carboxylic acids is 1. The summed E-state index contributed by atoms with van der Waals surface area (Å²) in [4.78, 5) is 16.7. The zero-order chi connectivity index (χ0) is 21.8. The van der Waals surface area contributed by atoms with E-state index in [9.17, 15) is 4.79 Å². The minimum absolute atomic E-state index is 0.125. The van der Waals surface area contributed by atoms with Crippen LogP contribution >= 0.6 is 0 Å². The van der Waals surface area contributed by atoms with E-state index in [0.717, 1.165) is 28.3 Å². The van der Waals surface area contributed by atoms with Crippen LogP contribution in [0.3, 0.4) is 0 Å². The second-order valence-corrected chi connectivity index (χ2v) is 7.37. The Balaban J connectivity index is 1.34. The molecule has 158 valence electrons. The van der Waals surface area contributed by atoms with Crippen LogP contribution in [0.5, 0.6) is 5.75 Å². The maximum Gasteiger partial charge on any atom is 0.251 e. The molecule has 0 aliphatic heterocycles. The normalized spacial score (nSPS) is 11.8. The van der Waals surface area contributed by atoms with Gasteiger partial charge in [0.15, 0.2) is 0 Å². The van der Waals surface area contributed by atoms with Gasteiger partial charge in [-0.25, -0.2) is 4.98 Å². The second-order valence-electron chi connectivity index (χ2n) is 7.37. The van der Waals surface area contributed by atoms with Gasteiger partial charge >= 0.3 is 0 Å². The van der Waals surface area contributed by atoms with E-state index in [0.29, 0.717) is 17.9 Å². The summed E-state index contributed by atoms with van der Waals surface area (Å²) in [6.07, 6.45) is 5.38. The monoisotopic (exact) mass is 416 g/mol. The molecule has 1 atom stereocenters. The average molecular weight is 416 g/mol. The minimum atomic E-state index is -0.136. The fraction of sp³-hybridized carbons (Fsp3) is 0.208. The highest BCUT2D eigenvalue weighted by molar-refractivity contribution is 5.94. The van der Waals surface area contributed by atoms with Crippen LogP contribution in [0.1, 0.15) is 45.9 Å². The molecule has 1 amide bonds. The van der Waals surface area contributed by atoms with E-state index >= 15 is 0 Å². The van der Waals surface area contributed by atoms with Crippen molar-refractivity contribution in [2.75, 3.05) is 0 Å². The zero-order valence-electron chi connectivity index (χ0n) is 17.7. The standard InChI is InChI=1S/C24H24N4O3/c1-16(19-4-8-21(9-5-19)28-13-12-25-15-28)26-24(29)20-6-10-22(11-7-20)30-14-23-17(2)27-31-18(23)3/h4-13,15-16H,14H2,1-3H3,(H,26,29)/t16-/m0/s1. The predicted molar refractivity (Wildman–Crippen MR) is 116 cm³/mol. The number of nitrogens with one attached hydrogen (secondary N) is 1. The van der Waals surface area contributed by atoms with Crippen LogP contribution in [0, 0.1) is 13.8 Å². The van der Waals surface area contributed by atoms with Crippen molar-refractivity contribution in [3.8, 4) is 11.4 Å². The quantitative estimate of drug-likeness (QED) is 0.478. The molecule has 0 saturated heterocycles. The number of rotatable bonds is 7. The number of imidazole rings is 1. The van der Waals surface area contributed by atoms with Gasteiger partial charge in [0.25, 0.3) is 5.91 Å². The predicted octanol–water partition coefficient (Wildman–Crippen LogP) is 4.55. The van der Waals surface area contributed by atoms with Gasteiger partial charge in [-0.3, -0.25) is 4.79 Å². The maximum absolute atomic E-state index is 12.6. The Morgan fingerprint density at radius 1 is 1.13 bits per heavy atom. The van der Waals surface area contributed by atoms with E-state index < -0.39 is 0 Å². The van der Waals surface area contributed by atoms with Crippen molar-refractivity contribution in [2.24, 2.45) is 0 Å². The molecule has 7 heteroatoms. The maximum atomic E-state index is 12.6. The summed E-state index contributed by atoms with van der Waals surface area (Å²) >= 11 is 0. The van der Waals surface area contributed by atoms with E-state index in [-0.39, 0.29) is 11.9 Å². The molecule has 0 fully saturated rings. The summed E-state index contributed by atoms with van der Waals surface area (Å²) in [6, 6.07) is 15.0. The van der Waals surface area contributed by atoms with Gasteiger partial charge in [0, 0.05) is 23.6 Å². The van der Waals surface area contributed by atoms with Crippen LogP contribution in [0.2, 0.25) is 0 Å². The lowest BCUT2D eigenvalue weighted by molar-refractivity contribution is 0.0940. The Bertz CT molecular complexity index is 1130. The van der Waals surface area contributed by atoms with Gasteiger partial charge in [-0.05, 0) is 62.7 Å². The van der Waals surface area contributed by atoms with Crippen molar-refractivity contribution in [1.82, 2.24) is 20.0 Å². The molecule has 0 aliphatic rings. The molecule has 0 aliphatic carbocycles. The Morgan fingerprint density at radius 3 is 2.48 bits per heavy atom. The number of hydrogen-bond donors (Lipinski definition) is 1. The van der Waals surface area contributed by atoms with E-state index in [1.165, 1.54) is 0 Å². The molecule has 1 N–H and O–H groups in total. The first kappa shape index (κ1) is 20.4. The van der Waals surface area contributed by atoms with Crippen LogP contribution < -0.4 is 10.1 Å². The lowest BCUT2D eigenvalue weighted by atomic mass is 10.1. The van der Waals surface area contributed by atoms with Gasteiger partial charge in [0.2, 0.25) is 0 Å². The lowest BCUT2D eigenvalue weighted by Crippen LogP contribution is -2.26. The van der Waals surface area contributed by atoms with E-state index in [1.54, 1.807) is 36.8 Å². The van der Waals surface area contributed by atoms with Crippen LogP contribution in [-0.2, 0) is 6.61 Å². The van der Waals surface area contributed by atoms with Crippen molar-refractivity contribution in [3.05, 3.63) is 95.4 Å². The fourth-order valence-corrected chi connectivity index (χ4v) is 3.28. The van der Waals surface area contributed by atoms with E-state index in [1.807, 2.05) is 55.8 Å². The number of carbonyl (C=O) groups is 1. The molecule has 4 rings (SSSR count). The van der Waals surface area contributed by atoms with Crippen LogP contribution in [-0.4, -0.2) is 20.6 Å². The molecular weight excluding hydrogens is 392 g/mol. The first-order valence-corrected chi connectivity index (χ1v) is 10.0. The summed E-state index contributed by atoms with van der Waals surface area (Å²) in [5.41, 5.74) is 4.38. The van der Waals surface area contributed by atoms with Crippen molar-refractivity contribution in [2.45, 2.75) is 33.4 Å². The largest absolute Gasteiger partial charge is 0.489 e. The Kier molecular flexibility index (Phi) is 5.84. The third-order valence-electron chi connectivity index (χ3n) is 5.22. The van der Waals surface area contributed by atoms with Crippen molar-refractivity contribution < 1.29 is 14.1 Å². The minimum Gasteiger partial charge on any atom is -0.489 e.